The van der Waals surface area contributed by atoms with Crippen LogP contribution in [0.15, 0.2) is 84.9 Å². The van der Waals surface area contributed by atoms with Crippen molar-refractivity contribution in [3.05, 3.63) is 90.5 Å². The average molecular weight is 475 g/mol. The molecule has 1 unspecified atom stereocenters. The summed E-state index contributed by atoms with van der Waals surface area (Å²) >= 11 is 0. The first-order valence-electron chi connectivity index (χ1n) is 11.2. The zero-order valence-electron chi connectivity index (χ0n) is 20.1. The van der Waals surface area contributed by atoms with Crippen LogP contribution in [-0.4, -0.2) is 56.0 Å². The van der Waals surface area contributed by atoms with Crippen LogP contribution in [0.3, 0.4) is 0 Å². The predicted molar refractivity (Wildman–Crippen MR) is 136 cm³/mol. The number of nitrogens with two attached hydrogens (primary N) is 1. The third kappa shape index (κ3) is 6.45. The fourth-order valence-electron chi connectivity index (χ4n) is 3.47. The first-order valence-corrected chi connectivity index (χ1v) is 11.2. The van der Waals surface area contributed by atoms with Gasteiger partial charge in [-0.3, -0.25) is 19.3 Å². The Morgan fingerprint density at radius 3 is 2.00 bits per heavy atom. The minimum Gasteiger partial charge on any atom is -0.461 e. The largest absolute Gasteiger partial charge is 0.461 e. The number of amides is 3. The first-order chi connectivity index (χ1) is 16.8. The van der Waals surface area contributed by atoms with E-state index in [0.29, 0.717) is 17.1 Å². The van der Waals surface area contributed by atoms with Crippen LogP contribution in [0.1, 0.15) is 5.56 Å². The molecule has 0 aliphatic rings. The SMILES string of the molecule is Cc1cccc(N(C)C(=O)C(Oc2ccccc2)N(CC(=O)N(C)c2ccccc2)C(=O)CN)c1. The average Bonchev–Trinajstić information content (AvgIpc) is 2.89. The van der Waals surface area contributed by atoms with Crippen molar-refractivity contribution in [1.29, 1.82) is 0 Å². The minimum atomic E-state index is -1.41. The van der Waals surface area contributed by atoms with E-state index in [2.05, 4.69) is 0 Å². The number of carbonyl (C=O) groups excluding carboxylic acids is 3. The van der Waals surface area contributed by atoms with Crippen molar-refractivity contribution in [2.75, 3.05) is 37.0 Å². The summed E-state index contributed by atoms with van der Waals surface area (Å²) in [4.78, 5) is 43.7. The van der Waals surface area contributed by atoms with E-state index in [9.17, 15) is 14.4 Å². The first kappa shape index (κ1) is 25.5. The second kappa shape index (κ2) is 11.8. The molecule has 2 N–H and O–H groups in total. The lowest BCUT2D eigenvalue weighted by Crippen LogP contribution is -2.57. The van der Waals surface area contributed by atoms with E-state index in [0.717, 1.165) is 10.5 Å². The molecule has 8 heteroatoms. The molecule has 35 heavy (non-hydrogen) atoms. The minimum absolute atomic E-state index is 0.377. The fourth-order valence-corrected chi connectivity index (χ4v) is 3.47. The summed E-state index contributed by atoms with van der Waals surface area (Å²) in [5, 5.41) is 0. The lowest BCUT2D eigenvalue weighted by atomic mass is 10.2. The summed E-state index contributed by atoms with van der Waals surface area (Å²) < 4.78 is 6.01. The van der Waals surface area contributed by atoms with Crippen molar-refractivity contribution < 1.29 is 19.1 Å². The molecule has 0 saturated heterocycles. The Hall–Kier alpha value is -4.17. The van der Waals surface area contributed by atoms with Crippen LogP contribution in [0.2, 0.25) is 0 Å². The quantitative estimate of drug-likeness (QED) is 0.481. The van der Waals surface area contributed by atoms with Gasteiger partial charge in [-0.05, 0) is 48.9 Å². The van der Waals surface area contributed by atoms with Gasteiger partial charge in [0.05, 0.1) is 6.54 Å². The van der Waals surface area contributed by atoms with Crippen molar-refractivity contribution in [3.63, 3.8) is 0 Å². The van der Waals surface area contributed by atoms with E-state index >= 15 is 0 Å². The standard InChI is InChI=1S/C27H30N4O4/c1-20-11-10-14-22(17-20)30(3)26(34)27(35-23-15-8-5-9-16-23)31(24(32)18-28)19-25(33)29(2)21-12-6-4-7-13-21/h4-17,27H,18-19,28H2,1-3H3. The molecule has 0 aliphatic carbocycles. The van der Waals surface area contributed by atoms with Gasteiger partial charge in [0.15, 0.2) is 0 Å². The molecule has 3 amide bonds. The van der Waals surface area contributed by atoms with Crippen LogP contribution in [0.25, 0.3) is 0 Å². The van der Waals surface area contributed by atoms with Gasteiger partial charge in [0.25, 0.3) is 12.1 Å². The number of likely N-dealkylation sites (N-methyl/N-ethyl adjacent to an activating group) is 2. The lowest BCUT2D eigenvalue weighted by Gasteiger charge is -2.34. The highest BCUT2D eigenvalue weighted by molar-refractivity contribution is 6.01. The molecule has 0 saturated carbocycles. The van der Waals surface area contributed by atoms with E-state index in [1.807, 2.05) is 49.4 Å². The molecular weight excluding hydrogens is 444 g/mol. The molecule has 0 radical (unpaired) electrons. The Morgan fingerprint density at radius 1 is 0.800 bits per heavy atom. The molecule has 182 valence electrons. The number of para-hydroxylation sites is 2. The van der Waals surface area contributed by atoms with Crippen LogP contribution < -0.4 is 20.3 Å². The molecule has 3 aromatic carbocycles. The Morgan fingerprint density at radius 2 is 1.40 bits per heavy atom. The molecule has 0 aliphatic heterocycles. The van der Waals surface area contributed by atoms with Gasteiger partial charge in [0.2, 0.25) is 11.8 Å². The van der Waals surface area contributed by atoms with E-state index in [1.54, 1.807) is 56.6 Å². The molecule has 8 nitrogen and oxygen atoms in total. The van der Waals surface area contributed by atoms with Gasteiger partial charge in [-0.25, -0.2) is 0 Å². The summed E-state index contributed by atoms with van der Waals surface area (Å²) in [7, 11) is 3.21. The topological polar surface area (TPSA) is 96.2 Å². The molecule has 3 rings (SSSR count). The summed E-state index contributed by atoms with van der Waals surface area (Å²) in [6.07, 6.45) is -1.41. The number of hydrogen-bond donors (Lipinski definition) is 1. The number of ether oxygens (including phenoxy) is 1. The van der Waals surface area contributed by atoms with Crippen molar-refractivity contribution in [2.24, 2.45) is 5.73 Å². The van der Waals surface area contributed by atoms with Crippen molar-refractivity contribution >= 4 is 29.1 Å². The molecule has 0 heterocycles. The number of nitrogens with zero attached hydrogens (tertiary/aromatic N) is 3. The zero-order valence-corrected chi connectivity index (χ0v) is 20.1. The highest BCUT2D eigenvalue weighted by Crippen LogP contribution is 2.20. The van der Waals surface area contributed by atoms with Crippen LogP contribution in [-0.2, 0) is 14.4 Å². The van der Waals surface area contributed by atoms with Gasteiger partial charge >= 0.3 is 0 Å². The number of benzene rings is 3. The predicted octanol–water partition coefficient (Wildman–Crippen LogP) is 2.81. The van der Waals surface area contributed by atoms with Crippen LogP contribution in [0.5, 0.6) is 5.75 Å². The van der Waals surface area contributed by atoms with Gasteiger partial charge in [0.1, 0.15) is 12.3 Å². The molecule has 0 aromatic heterocycles. The van der Waals surface area contributed by atoms with Crippen LogP contribution >= 0.6 is 0 Å². The Labute approximate surface area is 205 Å². The van der Waals surface area contributed by atoms with E-state index in [4.69, 9.17) is 10.5 Å². The Kier molecular flexibility index (Phi) is 8.58. The van der Waals surface area contributed by atoms with Gasteiger partial charge in [-0.2, -0.15) is 0 Å². The summed E-state index contributed by atoms with van der Waals surface area (Å²) in [6, 6.07) is 25.1. The Balaban J connectivity index is 1.95. The fraction of sp³-hybridized carbons (Fsp3) is 0.222. The van der Waals surface area contributed by atoms with Gasteiger partial charge in [-0.15, -0.1) is 0 Å². The van der Waals surface area contributed by atoms with Crippen molar-refractivity contribution in [2.45, 2.75) is 13.2 Å². The normalized spacial score (nSPS) is 11.3. The Bertz CT molecular complexity index is 1150. The number of rotatable bonds is 9. The summed E-state index contributed by atoms with van der Waals surface area (Å²) in [5.41, 5.74) is 7.93. The molecule has 3 aromatic rings. The lowest BCUT2D eigenvalue weighted by molar-refractivity contribution is -0.150. The van der Waals surface area contributed by atoms with Gasteiger partial charge in [-0.1, -0.05) is 48.5 Å². The molecule has 0 fully saturated rings. The third-order valence-corrected chi connectivity index (χ3v) is 5.52. The van der Waals surface area contributed by atoms with Crippen LogP contribution in [0, 0.1) is 6.92 Å². The van der Waals surface area contributed by atoms with Gasteiger partial charge in [0, 0.05) is 25.5 Å². The monoisotopic (exact) mass is 474 g/mol. The van der Waals surface area contributed by atoms with Gasteiger partial charge < -0.3 is 20.3 Å². The highest BCUT2D eigenvalue weighted by Gasteiger charge is 2.36. The molecular formula is C27H30N4O4. The number of anilines is 2. The number of carbonyl (C=O) groups is 3. The van der Waals surface area contributed by atoms with E-state index in [-0.39, 0.29) is 0 Å². The van der Waals surface area contributed by atoms with Crippen LogP contribution in [0.4, 0.5) is 11.4 Å². The maximum absolute atomic E-state index is 13.7. The number of hydrogen-bond acceptors (Lipinski definition) is 5. The maximum atomic E-state index is 13.7. The third-order valence-electron chi connectivity index (χ3n) is 5.52. The smallest absolute Gasteiger partial charge is 0.289 e. The molecule has 1 atom stereocenters. The molecule has 0 spiro atoms. The summed E-state index contributed by atoms with van der Waals surface area (Å²) in [6.45, 7) is 1.13. The van der Waals surface area contributed by atoms with E-state index < -0.39 is 37.0 Å². The summed E-state index contributed by atoms with van der Waals surface area (Å²) in [5.74, 6) is -1.13. The highest BCUT2D eigenvalue weighted by atomic mass is 16.5. The van der Waals surface area contributed by atoms with Crippen molar-refractivity contribution in [3.8, 4) is 5.75 Å². The maximum Gasteiger partial charge on any atom is 0.289 e. The second-order valence-electron chi connectivity index (χ2n) is 8.03. The van der Waals surface area contributed by atoms with E-state index in [1.165, 1.54) is 9.80 Å². The number of aryl methyl sites for hydroxylation is 1. The second-order valence-corrected chi connectivity index (χ2v) is 8.03. The molecule has 0 bridgehead atoms. The zero-order chi connectivity index (χ0) is 25.4. The van der Waals surface area contributed by atoms with Crippen molar-refractivity contribution in [1.82, 2.24) is 4.90 Å².